The summed E-state index contributed by atoms with van der Waals surface area (Å²) in [6, 6.07) is 19.9. The van der Waals surface area contributed by atoms with E-state index in [1.807, 2.05) is 36.4 Å². The van der Waals surface area contributed by atoms with Gasteiger partial charge in [0.2, 0.25) is 5.78 Å². The molecule has 2 heterocycles. The standard InChI is InChI=1S/C21H21N5O/c1-2-8-16-13-20(27)26-21(23-16)24-19(25-26)14-22-18-12-7-6-11-17(18)15-9-4-3-5-10-15/h3-7,9-13,22H,2,8,14H2,1H3,(H,23,24,25). The third-order valence-electron chi connectivity index (χ3n) is 4.40. The molecule has 6 nitrogen and oxygen atoms in total. The van der Waals surface area contributed by atoms with E-state index in [0.717, 1.165) is 35.3 Å². The number of hydrogen-bond donors (Lipinski definition) is 2. The van der Waals surface area contributed by atoms with Gasteiger partial charge >= 0.3 is 0 Å². The van der Waals surface area contributed by atoms with Crippen molar-refractivity contribution < 1.29 is 0 Å². The van der Waals surface area contributed by atoms with Gasteiger partial charge in [0, 0.05) is 23.0 Å². The summed E-state index contributed by atoms with van der Waals surface area (Å²) in [5.74, 6) is 1.05. The fourth-order valence-electron chi connectivity index (χ4n) is 3.14. The lowest BCUT2D eigenvalue weighted by Crippen LogP contribution is -2.16. The number of benzene rings is 2. The monoisotopic (exact) mass is 359 g/mol. The zero-order valence-electron chi connectivity index (χ0n) is 15.1. The van der Waals surface area contributed by atoms with Crippen molar-refractivity contribution in [1.29, 1.82) is 0 Å². The van der Waals surface area contributed by atoms with E-state index in [0.29, 0.717) is 18.1 Å². The maximum atomic E-state index is 12.2. The Morgan fingerprint density at radius 3 is 2.67 bits per heavy atom. The van der Waals surface area contributed by atoms with E-state index in [9.17, 15) is 4.79 Å². The van der Waals surface area contributed by atoms with E-state index in [-0.39, 0.29) is 5.56 Å². The van der Waals surface area contributed by atoms with Gasteiger partial charge in [-0.05, 0) is 18.1 Å². The van der Waals surface area contributed by atoms with Crippen LogP contribution in [-0.2, 0) is 13.0 Å². The molecule has 0 aliphatic rings. The van der Waals surface area contributed by atoms with Crippen molar-refractivity contribution in [2.45, 2.75) is 26.3 Å². The van der Waals surface area contributed by atoms with Gasteiger partial charge in [0.15, 0.2) is 5.82 Å². The second kappa shape index (κ2) is 7.45. The van der Waals surface area contributed by atoms with Gasteiger partial charge in [-0.15, -0.1) is 5.10 Å². The van der Waals surface area contributed by atoms with Crippen LogP contribution in [0.5, 0.6) is 0 Å². The van der Waals surface area contributed by atoms with Gasteiger partial charge in [-0.2, -0.15) is 9.50 Å². The van der Waals surface area contributed by atoms with E-state index in [4.69, 9.17) is 0 Å². The van der Waals surface area contributed by atoms with Crippen LogP contribution in [0, 0.1) is 0 Å². The summed E-state index contributed by atoms with van der Waals surface area (Å²) in [6.45, 7) is 2.51. The first-order chi connectivity index (χ1) is 13.2. The van der Waals surface area contributed by atoms with Crippen molar-refractivity contribution >= 4 is 11.5 Å². The van der Waals surface area contributed by atoms with Crippen molar-refractivity contribution in [2.75, 3.05) is 5.32 Å². The molecule has 2 N–H and O–H groups in total. The summed E-state index contributed by atoms with van der Waals surface area (Å²) >= 11 is 0. The molecule has 0 aliphatic carbocycles. The Bertz CT molecular complexity index is 1110. The molecule has 0 amide bonds. The van der Waals surface area contributed by atoms with Crippen LogP contribution >= 0.6 is 0 Å². The average Bonchev–Trinajstić information content (AvgIpc) is 3.11. The van der Waals surface area contributed by atoms with Crippen molar-refractivity contribution in [3.8, 4) is 11.1 Å². The highest BCUT2D eigenvalue weighted by Crippen LogP contribution is 2.27. The molecular formula is C21H21N5O. The molecule has 4 rings (SSSR count). The van der Waals surface area contributed by atoms with Crippen molar-refractivity contribution in [1.82, 2.24) is 19.6 Å². The molecule has 0 fully saturated rings. The molecule has 4 aromatic rings. The van der Waals surface area contributed by atoms with Gasteiger partial charge in [-0.3, -0.25) is 4.79 Å². The number of rotatable bonds is 6. The normalized spacial score (nSPS) is 11.0. The molecule has 0 bridgehead atoms. The minimum Gasteiger partial charge on any atom is -0.377 e. The summed E-state index contributed by atoms with van der Waals surface area (Å²) in [4.78, 5) is 19.9. The first-order valence-corrected chi connectivity index (χ1v) is 9.11. The van der Waals surface area contributed by atoms with Crippen molar-refractivity contribution in [3.05, 3.63) is 82.5 Å². The molecule has 0 aliphatic heterocycles. The number of aryl methyl sites for hydroxylation is 1. The van der Waals surface area contributed by atoms with Gasteiger partial charge in [0.05, 0.1) is 6.54 Å². The highest BCUT2D eigenvalue weighted by atomic mass is 16.1. The molecule has 0 spiro atoms. The Morgan fingerprint density at radius 1 is 1.07 bits per heavy atom. The topological polar surface area (TPSA) is 75.1 Å². The fraction of sp³-hybridized carbons (Fsp3) is 0.190. The lowest BCUT2D eigenvalue weighted by atomic mass is 10.0. The van der Waals surface area contributed by atoms with Gasteiger partial charge in [-0.1, -0.05) is 61.9 Å². The fourth-order valence-corrected chi connectivity index (χ4v) is 3.14. The summed E-state index contributed by atoms with van der Waals surface area (Å²) in [5.41, 5.74) is 3.98. The van der Waals surface area contributed by atoms with Crippen LogP contribution < -0.4 is 10.9 Å². The molecule has 2 aromatic heterocycles. The predicted octanol–water partition coefficient (Wildman–Crippen LogP) is 3.65. The van der Waals surface area contributed by atoms with Crippen LogP contribution in [0.3, 0.4) is 0 Å². The number of para-hydroxylation sites is 1. The maximum Gasteiger partial charge on any atom is 0.275 e. The minimum atomic E-state index is -0.157. The van der Waals surface area contributed by atoms with Gasteiger partial charge in [0.25, 0.3) is 5.56 Å². The second-order valence-electron chi connectivity index (χ2n) is 6.41. The zero-order chi connectivity index (χ0) is 18.6. The number of aromatic amines is 1. The first kappa shape index (κ1) is 17.0. The predicted molar refractivity (Wildman–Crippen MR) is 107 cm³/mol. The van der Waals surface area contributed by atoms with E-state index < -0.39 is 0 Å². The SMILES string of the molecule is CCCc1cc(=O)n2nc(CNc3ccccc3-c3ccccc3)nc2[nH]1. The summed E-state index contributed by atoms with van der Waals surface area (Å²) in [7, 11) is 0. The Labute approximate surface area is 156 Å². The molecule has 136 valence electrons. The number of nitrogens with zero attached hydrogens (tertiary/aromatic N) is 3. The van der Waals surface area contributed by atoms with Gasteiger partial charge in [-0.25, -0.2) is 0 Å². The van der Waals surface area contributed by atoms with Crippen LogP contribution in [0.2, 0.25) is 0 Å². The van der Waals surface area contributed by atoms with Crippen LogP contribution in [0.4, 0.5) is 5.69 Å². The number of hydrogen-bond acceptors (Lipinski definition) is 4. The molecule has 27 heavy (non-hydrogen) atoms. The molecule has 0 saturated carbocycles. The largest absolute Gasteiger partial charge is 0.377 e. The Kier molecular flexibility index (Phi) is 4.70. The van der Waals surface area contributed by atoms with Crippen LogP contribution in [0.1, 0.15) is 24.9 Å². The Hall–Kier alpha value is -3.41. The third-order valence-corrected chi connectivity index (χ3v) is 4.40. The lowest BCUT2D eigenvalue weighted by molar-refractivity contribution is 0.825. The molecular weight excluding hydrogens is 338 g/mol. The molecule has 0 saturated heterocycles. The molecule has 6 heteroatoms. The third kappa shape index (κ3) is 3.60. The van der Waals surface area contributed by atoms with Gasteiger partial charge in [0.1, 0.15) is 0 Å². The molecule has 2 aromatic carbocycles. The zero-order valence-corrected chi connectivity index (χ0v) is 15.1. The Balaban J connectivity index is 1.59. The summed E-state index contributed by atoms with van der Waals surface area (Å²) < 4.78 is 1.32. The highest BCUT2D eigenvalue weighted by molar-refractivity contribution is 5.77. The van der Waals surface area contributed by atoms with Crippen molar-refractivity contribution in [3.63, 3.8) is 0 Å². The maximum absolute atomic E-state index is 12.2. The number of anilines is 1. The Morgan fingerprint density at radius 2 is 1.85 bits per heavy atom. The van der Waals surface area contributed by atoms with Crippen molar-refractivity contribution in [2.24, 2.45) is 0 Å². The van der Waals surface area contributed by atoms with E-state index >= 15 is 0 Å². The smallest absolute Gasteiger partial charge is 0.275 e. The van der Waals surface area contributed by atoms with Crippen LogP contribution in [-0.4, -0.2) is 19.6 Å². The first-order valence-electron chi connectivity index (χ1n) is 9.11. The average molecular weight is 359 g/mol. The van der Waals surface area contributed by atoms with E-state index in [1.54, 1.807) is 6.07 Å². The van der Waals surface area contributed by atoms with Crippen LogP contribution in [0.15, 0.2) is 65.5 Å². The minimum absolute atomic E-state index is 0.157. The molecule has 0 atom stereocenters. The summed E-state index contributed by atoms with van der Waals surface area (Å²) in [5, 5.41) is 7.72. The van der Waals surface area contributed by atoms with E-state index in [1.165, 1.54) is 4.52 Å². The second-order valence-corrected chi connectivity index (χ2v) is 6.41. The quantitative estimate of drug-likeness (QED) is 0.551. The number of nitrogens with one attached hydrogen (secondary N) is 2. The van der Waals surface area contributed by atoms with Gasteiger partial charge < -0.3 is 10.3 Å². The van der Waals surface area contributed by atoms with E-state index in [2.05, 4.69) is 45.5 Å². The molecule has 0 radical (unpaired) electrons. The molecule has 0 unspecified atom stereocenters. The van der Waals surface area contributed by atoms with Crippen LogP contribution in [0.25, 0.3) is 16.9 Å². The number of H-pyrrole nitrogens is 1. The highest BCUT2D eigenvalue weighted by Gasteiger charge is 2.09. The summed E-state index contributed by atoms with van der Waals surface area (Å²) in [6.07, 6.45) is 1.78. The number of aromatic nitrogens is 4. The lowest BCUT2D eigenvalue weighted by Gasteiger charge is -2.10. The number of fused-ring (bicyclic) bond motifs is 1.